The lowest BCUT2D eigenvalue weighted by Gasteiger charge is -2.19. The maximum atomic E-state index is 14.1. The predicted molar refractivity (Wildman–Crippen MR) is 212 cm³/mol. The minimum atomic E-state index is -1.42. The first-order valence-electron chi connectivity index (χ1n) is 19.1. The van der Waals surface area contributed by atoms with E-state index in [9.17, 15) is 24.3 Å². The number of ketones is 1. The van der Waals surface area contributed by atoms with Crippen molar-refractivity contribution in [3.05, 3.63) is 96.5 Å². The maximum absolute atomic E-state index is 14.1. The van der Waals surface area contributed by atoms with Crippen LogP contribution >= 0.6 is 0 Å². The second-order valence-electron chi connectivity index (χ2n) is 15.4. The molecule has 0 saturated carbocycles. The summed E-state index contributed by atoms with van der Waals surface area (Å²) in [4.78, 5) is 63.0. The van der Waals surface area contributed by atoms with Crippen LogP contribution in [0.2, 0.25) is 0 Å². The Hall–Kier alpha value is -5.38. The number of carboxylic acid groups (broad SMARTS) is 1. The van der Waals surface area contributed by atoms with Gasteiger partial charge in [-0.05, 0) is 93.4 Å². The summed E-state index contributed by atoms with van der Waals surface area (Å²) in [7, 11) is 0. The Morgan fingerprint density at radius 1 is 1.00 bits per heavy atom. The van der Waals surface area contributed by atoms with E-state index in [2.05, 4.69) is 54.5 Å². The van der Waals surface area contributed by atoms with Gasteiger partial charge in [0.25, 0.3) is 0 Å². The van der Waals surface area contributed by atoms with Gasteiger partial charge in [-0.1, -0.05) is 52.3 Å². The molecule has 2 aliphatic heterocycles. The van der Waals surface area contributed by atoms with Gasteiger partial charge in [-0.3, -0.25) is 19.2 Å². The third kappa shape index (κ3) is 7.01. The number of Topliss-reactive ketones (excluding diaryl/α,β-unsaturated/α-hetero) is 1. The number of hydrogen-bond acceptors (Lipinski definition) is 6. The highest BCUT2D eigenvalue weighted by molar-refractivity contribution is 6.24. The van der Waals surface area contributed by atoms with Crippen molar-refractivity contribution < 1.29 is 29.0 Å². The summed E-state index contributed by atoms with van der Waals surface area (Å²) >= 11 is 0. The molecule has 0 aromatic carbocycles. The fourth-order valence-electron chi connectivity index (χ4n) is 8.35. The highest BCUT2D eigenvalue weighted by atomic mass is 16.5. The van der Waals surface area contributed by atoms with Gasteiger partial charge >= 0.3 is 11.9 Å². The van der Waals surface area contributed by atoms with Gasteiger partial charge in [0.2, 0.25) is 0 Å². The van der Waals surface area contributed by atoms with E-state index in [0.29, 0.717) is 68.8 Å². The number of aromatic nitrogens is 3. The summed E-state index contributed by atoms with van der Waals surface area (Å²) in [6.07, 6.45) is 14.7. The molecular formula is C44H52N4O6. The fraction of sp³-hybridized carbons (Fsp3) is 0.409. The lowest BCUT2D eigenvalue weighted by molar-refractivity contribution is -0.143. The number of aliphatic carboxylic acids is 1. The average Bonchev–Trinajstić information content (AvgIpc) is 3.87. The molecule has 8 bridgehead atoms. The maximum Gasteiger partial charge on any atom is 0.319 e. The van der Waals surface area contributed by atoms with Gasteiger partial charge in [-0.2, -0.15) is 0 Å². The summed E-state index contributed by atoms with van der Waals surface area (Å²) < 4.78 is 5.64. The standard InChI is InChI=1S/C44H52N4O6/c1-9-27-24(6)31-18-32-25(7)29(14-15-37(50)54-17-16-23(5)13-11-12-22(3)4)41(47-32)39-40(44(52)53)43(51)38-26(8)33(48-42(38)39)19-35-28(10-2)30(21-49)36(46-35)20-34(27)45-31/h9,16,18-22,25,29,40,45-48H,1,10-15,17H2,2-8H3,(H,52,53)/b23-16+,32-18-,35-19-,36-20-,41-39-/t25-,29-,40+/m0/s1. The van der Waals surface area contributed by atoms with Crippen LogP contribution in [0.25, 0.3) is 29.9 Å². The Morgan fingerprint density at radius 3 is 2.39 bits per heavy atom. The number of nitrogens with one attached hydrogen (secondary N) is 4. The molecule has 5 N–H and O–H groups in total. The molecular weight excluding hydrogens is 681 g/mol. The highest BCUT2D eigenvalue weighted by Crippen LogP contribution is 2.48. The largest absolute Gasteiger partial charge is 0.480 e. The van der Waals surface area contributed by atoms with Crippen molar-refractivity contribution in [2.45, 2.75) is 87.0 Å². The van der Waals surface area contributed by atoms with Gasteiger partial charge in [0.15, 0.2) is 12.1 Å². The molecule has 10 heteroatoms. The minimum absolute atomic E-state index is 0.122. The molecule has 3 aliphatic rings. The van der Waals surface area contributed by atoms with Gasteiger partial charge in [0.05, 0.1) is 11.0 Å². The highest BCUT2D eigenvalue weighted by Gasteiger charge is 2.48. The molecule has 1 aliphatic carbocycles. The van der Waals surface area contributed by atoms with E-state index in [1.807, 2.05) is 45.1 Å². The van der Waals surface area contributed by atoms with Crippen molar-refractivity contribution in [3.8, 4) is 0 Å². The van der Waals surface area contributed by atoms with Crippen LogP contribution in [0.5, 0.6) is 0 Å². The molecule has 10 nitrogen and oxygen atoms in total. The number of esters is 1. The quantitative estimate of drug-likeness (QED) is 0.0555. The number of carbonyl (C=O) groups excluding carboxylic acids is 3. The van der Waals surface area contributed by atoms with Crippen LogP contribution in [-0.4, -0.2) is 50.7 Å². The Bertz CT molecular complexity index is 2270. The topological polar surface area (TPSA) is 157 Å². The molecule has 1 saturated heterocycles. The van der Waals surface area contributed by atoms with Crippen molar-refractivity contribution in [2.24, 2.45) is 23.7 Å². The fourth-order valence-corrected chi connectivity index (χ4v) is 8.35. The van der Waals surface area contributed by atoms with Gasteiger partial charge in [0, 0.05) is 74.3 Å². The number of hydrogen-bond donors (Lipinski definition) is 5. The number of fused-ring (bicyclic) bond motifs is 7. The van der Waals surface area contributed by atoms with E-state index in [1.54, 1.807) is 6.08 Å². The molecule has 3 aromatic heterocycles. The first kappa shape index (κ1) is 38.3. The van der Waals surface area contributed by atoms with Crippen molar-refractivity contribution in [3.63, 3.8) is 0 Å². The summed E-state index contributed by atoms with van der Waals surface area (Å²) in [5, 5.41) is 15.5. The first-order valence-corrected chi connectivity index (χ1v) is 19.1. The second kappa shape index (κ2) is 15.5. The van der Waals surface area contributed by atoms with E-state index in [0.717, 1.165) is 59.3 Å². The van der Waals surface area contributed by atoms with Crippen LogP contribution in [0.1, 0.15) is 132 Å². The van der Waals surface area contributed by atoms with Crippen molar-refractivity contribution in [1.29, 1.82) is 0 Å². The van der Waals surface area contributed by atoms with Crippen LogP contribution in [0, 0.1) is 37.5 Å². The smallest absolute Gasteiger partial charge is 0.319 e. The van der Waals surface area contributed by atoms with Gasteiger partial charge in [-0.25, -0.2) is 0 Å². The third-order valence-electron chi connectivity index (χ3n) is 11.5. The average molecular weight is 733 g/mol. The van der Waals surface area contributed by atoms with E-state index in [-0.39, 0.29) is 30.8 Å². The molecule has 0 amide bonds. The van der Waals surface area contributed by atoms with Crippen LogP contribution < -0.4 is 16.0 Å². The second-order valence-corrected chi connectivity index (χ2v) is 15.4. The van der Waals surface area contributed by atoms with E-state index in [4.69, 9.17) is 4.74 Å². The van der Waals surface area contributed by atoms with E-state index < -0.39 is 17.7 Å². The molecule has 5 heterocycles. The normalized spacial score (nSPS) is 22.6. The summed E-state index contributed by atoms with van der Waals surface area (Å²) in [5.41, 5.74) is 9.87. The number of aldehydes is 1. The Balaban J connectivity index is 1.48. The molecule has 6 rings (SSSR count). The van der Waals surface area contributed by atoms with E-state index >= 15 is 0 Å². The van der Waals surface area contributed by atoms with Gasteiger partial charge in [-0.15, -0.1) is 0 Å². The summed E-state index contributed by atoms with van der Waals surface area (Å²) in [6, 6.07) is 0. The van der Waals surface area contributed by atoms with E-state index in [1.165, 1.54) is 5.57 Å². The first-order chi connectivity index (χ1) is 25.8. The molecule has 3 atom stereocenters. The van der Waals surface area contributed by atoms with Crippen LogP contribution in [0.3, 0.4) is 0 Å². The zero-order valence-corrected chi connectivity index (χ0v) is 32.4. The monoisotopic (exact) mass is 732 g/mol. The molecule has 0 unspecified atom stereocenters. The molecule has 0 radical (unpaired) electrons. The van der Waals surface area contributed by atoms with Crippen LogP contribution in [-0.2, 0) is 20.7 Å². The summed E-state index contributed by atoms with van der Waals surface area (Å²) in [5.74, 6) is -3.31. The van der Waals surface area contributed by atoms with Crippen molar-refractivity contribution in [2.75, 3.05) is 6.61 Å². The number of rotatable bonds is 13. The number of carbonyl (C=O) groups is 4. The third-order valence-corrected chi connectivity index (χ3v) is 11.5. The Kier molecular flexibility index (Phi) is 11.0. The van der Waals surface area contributed by atoms with Crippen LogP contribution in [0.15, 0.2) is 29.6 Å². The number of ether oxygens (including phenoxy) is 1. The zero-order chi connectivity index (χ0) is 39.0. The van der Waals surface area contributed by atoms with Crippen LogP contribution in [0.4, 0.5) is 0 Å². The number of H-pyrrole nitrogens is 3. The van der Waals surface area contributed by atoms with Gasteiger partial charge < -0.3 is 30.1 Å². The molecule has 0 spiro atoms. The Morgan fingerprint density at radius 2 is 1.72 bits per heavy atom. The molecule has 3 aromatic rings. The van der Waals surface area contributed by atoms with Crippen molar-refractivity contribution >= 4 is 53.9 Å². The molecule has 1 fully saturated rings. The molecule has 284 valence electrons. The number of carboxylic acids is 1. The lowest BCUT2D eigenvalue weighted by atomic mass is 9.85. The lowest BCUT2D eigenvalue weighted by Crippen LogP contribution is -2.24. The number of allylic oxidation sites excluding steroid dienone is 3. The van der Waals surface area contributed by atoms with Gasteiger partial charge in [0.1, 0.15) is 12.5 Å². The summed E-state index contributed by atoms with van der Waals surface area (Å²) in [6.45, 7) is 18.6. The minimum Gasteiger partial charge on any atom is -0.480 e. The zero-order valence-electron chi connectivity index (χ0n) is 32.4. The SMILES string of the molecule is C=Cc1c2[nH]c(c1C)/C=C1\N/C(=C3\c4[nH]c(c(C)c4C(=O)[C@@H]3C(=O)O)/C=c3\[nH]/c(c(C=O)c3CC)=C\2)[C@@H](CCC(=O)OC/C=C(\C)CCCC(C)C)[C@@H]1C. The molecule has 54 heavy (non-hydrogen) atoms. The number of aromatic amines is 3. The van der Waals surface area contributed by atoms with Crippen molar-refractivity contribution in [1.82, 2.24) is 20.3 Å². The Labute approximate surface area is 316 Å². The predicted octanol–water partition coefficient (Wildman–Crippen LogP) is 6.88.